The number of benzene rings is 3. The van der Waals surface area contributed by atoms with E-state index in [1.54, 1.807) is 24.3 Å². The molecule has 1 amide bonds. The van der Waals surface area contributed by atoms with E-state index in [-0.39, 0.29) is 11.7 Å². The molecule has 0 saturated heterocycles. The highest BCUT2D eigenvalue weighted by Gasteiger charge is 2.15. The van der Waals surface area contributed by atoms with Gasteiger partial charge < -0.3 is 10.1 Å². The maximum atomic E-state index is 12.1. The molecule has 0 radical (unpaired) electrons. The highest BCUT2D eigenvalue weighted by atomic mass is 35.5. The van der Waals surface area contributed by atoms with E-state index >= 15 is 0 Å². The molecule has 1 heterocycles. The number of aromatic nitrogens is 1. The van der Waals surface area contributed by atoms with Gasteiger partial charge in [-0.2, -0.15) is 0 Å². The molecule has 0 fully saturated rings. The molecule has 0 atom stereocenters. The topological polar surface area (TPSA) is 63.2 Å². The van der Waals surface area contributed by atoms with Gasteiger partial charge in [-0.15, -0.1) is 11.3 Å². The number of ether oxygens (including phenoxy) is 1. The Balaban J connectivity index is 1.46. The number of thiocarbonyl (C=S) groups is 1. The lowest BCUT2D eigenvalue weighted by molar-refractivity contribution is -0.121. The minimum absolute atomic E-state index is 0.0983. The zero-order chi connectivity index (χ0) is 21.8. The number of anilines is 1. The van der Waals surface area contributed by atoms with Crippen LogP contribution in [0.3, 0.4) is 0 Å². The molecule has 0 bridgehead atoms. The Morgan fingerprint density at radius 3 is 2.55 bits per heavy atom. The average molecular weight is 488 g/mol. The van der Waals surface area contributed by atoms with Gasteiger partial charge in [-0.3, -0.25) is 10.1 Å². The molecule has 31 heavy (non-hydrogen) atoms. The smallest absolute Gasteiger partial charge is 0.264 e. The molecule has 0 saturated carbocycles. The van der Waals surface area contributed by atoms with Crippen LogP contribution in [-0.4, -0.2) is 22.6 Å². The van der Waals surface area contributed by atoms with Crippen LogP contribution in [0.1, 0.15) is 0 Å². The largest absolute Gasteiger partial charge is 0.484 e. The molecule has 4 rings (SSSR count). The number of halogens is 2. The number of nitrogens with one attached hydrogen (secondary N) is 2. The molecule has 9 heteroatoms. The number of carbonyl (C=O) groups excluding carboxylic acids is 1. The van der Waals surface area contributed by atoms with Crippen molar-refractivity contribution in [2.24, 2.45) is 0 Å². The van der Waals surface area contributed by atoms with Gasteiger partial charge in [-0.1, -0.05) is 53.5 Å². The van der Waals surface area contributed by atoms with Gasteiger partial charge in [0.15, 0.2) is 11.7 Å². The van der Waals surface area contributed by atoms with E-state index in [2.05, 4.69) is 15.6 Å². The number of thiazole rings is 1. The first kappa shape index (κ1) is 21.5. The van der Waals surface area contributed by atoms with Crippen molar-refractivity contribution in [3.8, 4) is 16.3 Å². The summed E-state index contributed by atoms with van der Waals surface area (Å²) in [6, 6.07) is 20.3. The van der Waals surface area contributed by atoms with Crippen LogP contribution < -0.4 is 15.4 Å². The average Bonchev–Trinajstić information content (AvgIpc) is 3.19. The summed E-state index contributed by atoms with van der Waals surface area (Å²) in [5, 5.41) is 7.21. The van der Waals surface area contributed by atoms with Gasteiger partial charge in [0.1, 0.15) is 10.8 Å². The SMILES string of the molecule is O=C(COc1ccccc1)NC(=S)Nc1cc(-c2nc3ccccc3s2)c(Cl)cc1Cl. The monoisotopic (exact) mass is 487 g/mol. The van der Waals surface area contributed by atoms with Crippen LogP contribution in [0.25, 0.3) is 20.8 Å². The Morgan fingerprint density at radius 2 is 1.77 bits per heavy atom. The van der Waals surface area contributed by atoms with Gasteiger partial charge in [0.05, 0.1) is 25.9 Å². The van der Waals surface area contributed by atoms with Crippen LogP contribution in [0, 0.1) is 0 Å². The third kappa shape index (κ3) is 5.32. The van der Waals surface area contributed by atoms with E-state index in [1.807, 2.05) is 42.5 Å². The zero-order valence-electron chi connectivity index (χ0n) is 15.9. The first-order valence-corrected chi connectivity index (χ1v) is 11.1. The quantitative estimate of drug-likeness (QED) is 0.330. The lowest BCUT2D eigenvalue weighted by Crippen LogP contribution is -2.37. The summed E-state index contributed by atoms with van der Waals surface area (Å²) in [5.41, 5.74) is 2.12. The Labute approximate surface area is 198 Å². The first-order valence-electron chi connectivity index (χ1n) is 9.13. The van der Waals surface area contributed by atoms with Crippen LogP contribution in [0.5, 0.6) is 5.75 Å². The minimum Gasteiger partial charge on any atom is -0.484 e. The van der Waals surface area contributed by atoms with Crippen molar-refractivity contribution >= 4 is 73.7 Å². The summed E-state index contributed by atoms with van der Waals surface area (Å²) < 4.78 is 6.47. The van der Waals surface area contributed by atoms with Crippen molar-refractivity contribution in [2.45, 2.75) is 0 Å². The number of hydrogen-bond donors (Lipinski definition) is 2. The molecule has 4 aromatic rings. The van der Waals surface area contributed by atoms with E-state index in [0.717, 1.165) is 20.8 Å². The molecule has 0 aliphatic rings. The second-order valence-electron chi connectivity index (χ2n) is 6.40. The predicted octanol–water partition coefficient (Wildman–Crippen LogP) is 6.16. The third-order valence-electron chi connectivity index (χ3n) is 4.20. The van der Waals surface area contributed by atoms with Crippen LogP contribution in [-0.2, 0) is 4.79 Å². The highest BCUT2D eigenvalue weighted by molar-refractivity contribution is 7.80. The van der Waals surface area contributed by atoms with Gasteiger partial charge in [0.25, 0.3) is 5.91 Å². The Kier molecular flexibility index (Phi) is 6.67. The summed E-state index contributed by atoms with van der Waals surface area (Å²) in [6.45, 7) is -0.170. The van der Waals surface area contributed by atoms with Crippen LogP contribution in [0.4, 0.5) is 5.69 Å². The van der Waals surface area contributed by atoms with Crippen molar-refractivity contribution in [3.63, 3.8) is 0 Å². The first-order chi connectivity index (χ1) is 15.0. The van der Waals surface area contributed by atoms with Crippen molar-refractivity contribution < 1.29 is 9.53 Å². The predicted molar refractivity (Wildman–Crippen MR) is 131 cm³/mol. The van der Waals surface area contributed by atoms with E-state index in [0.29, 0.717) is 21.5 Å². The fourth-order valence-electron chi connectivity index (χ4n) is 2.78. The summed E-state index contributed by atoms with van der Waals surface area (Å²) in [4.78, 5) is 16.8. The van der Waals surface area contributed by atoms with Crippen molar-refractivity contribution in [1.29, 1.82) is 0 Å². The highest BCUT2D eigenvalue weighted by Crippen LogP contribution is 2.38. The molecule has 0 spiro atoms. The van der Waals surface area contributed by atoms with E-state index in [1.165, 1.54) is 11.3 Å². The molecule has 3 aromatic carbocycles. The van der Waals surface area contributed by atoms with E-state index in [9.17, 15) is 4.79 Å². The molecule has 1 aromatic heterocycles. The summed E-state index contributed by atoms with van der Waals surface area (Å²) >= 11 is 19.5. The second-order valence-corrected chi connectivity index (χ2v) is 8.66. The van der Waals surface area contributed by atoms with E-state index < -0.39 is 5.91 Å². The normalized spacial score (nSPS) is 10.6. The molecule has 156 valence electrons. The van der Waals surface area contributed by atoms with Crippen LogP contribution in [0.2, 0.25) is 10.0 Å². The summed E-state index contributed by atoms with van der Waals surface area (Å²) in [6.07, 6.45) is 0. The molecular weight excluding hydrogens is 473 g/mol. The standard InChI is InChI=1S/C22H15Cl2N3O2S2/c23-15-11-16(24)18(10-14(15)21-25-17-8-4-5-9-19(17)31-21)26-22(30)27-20(28)12-29-13-6-2-1-3-7-13/h1-11H,12H2,(H2,26,27,28,30). The number of para-hydroxylation sites is 2. The van der Waals surface area contributed by atoms with Crippen molar-refractivity contribution in [1.82, 2.24) is 10.3 Å². The van der Waals surface area contributed by atoms with Crippen LogP contribution in [0.15, 0.2) is 66.7 Å². The number of fused-ring (bicyclic) bond motifs is 1. The van der Waals surface area contributed by atoms with Gasteiger partial charge in [0.2, 0.25) is 0 Å². The minimum atomic E-state index is -0.391. The Bertz CT molecular complexity index is 1230. The summed E-state index contributed by atoms with van der Waals surface area (Å²) in [7, 11) is 0. The zero-order valence-corrected chi connectivity index (χ0v) is 19.0. The molecule has 0 aliphatic carbocycles. The number of nitrogens with zero attached hydrogens (tertiary/aromatic N) is 1. The van der Waals surface area contributed by atoms with Crippen molar-refractivity contribution in [3.05, 3.63) is 76.8 Å². The molecule has 5 nitrogen and oxygen atoms in total. The number of amides is 1. The van der Waals surface area contributed by atoms with E-state index in [4.69, 9.17) is 40.2 Å². The number of carbonyl (C=O) groups is 1. The molecule has 2 N–H and O–H groups in total. The second kappa shape index (κ2) is 9.62. The fourth-order valence-corrected chi connectivity index (χ4v) is 4.57. The third-order valence-corrected chi connectivity index (χ3v) is 6.09. The van der Waals surface area contributed by atoms with Gasteiger partial charge in [-0.05, 0) is 48.6 Å². The molecule has 0 unspecified atom stereocenters. The van der Waals surface area contributed by atoms with Crippen molar-refractivity contribution in [2.75, 3.05) is 11.9 Å². The lowest BCUT2D eigenvalue weighted by Gasteiger charge is -2.13. The maximum Gasteiger partial charge on any atom is 0.264 e. The Morgan fingerprint density at radius 1 is 1.03 bits per heavy atom. The Hall–Kier alpha value is -2.71. The van der Waals surface area contributed by atoms with Gasteiger partial charge >= 0.3 is 0 Å². The maximum absolute atomic E-state index is 12.1. The molecule has 0 aliphatic heterocycles. The van der Waals surface area contributed by atoms with Gasteiger partial charge in [-0.25, -0.2) is 4.98 Å². The number of rotatable bonds is 5. The molecular formula is C22H15Cl2N3O2S2. The van der Waals surface area contributed by atoms with Crippen LogP contribution >= 0.6 is 46.8 Å². The summed E-state index contributed by atoms with van der Waals surface area (Å²) in [5.74, 6) is 0.204. The fraction of sp³-hybridized carbons (Fsp3) is 0.0455. The van der Waals surface area contributed by atoms with Gasteiger partial charge in [0, 0.05) is 5.56 Å². The number of hydrogen-bond acceptors (Lipinski definition) is 5. The lowest BCUT2D eigenvalue weighted by atomic mass is 10.2.